The third kappa shape index (κ3) is 4.12. The van der Waals surface area contributed by atoms with Crippen LogP contribution in [-0.2, 0) is 11.3 Å². The molecule has 0 aromatic heterocycles. The van der Waals surface area contributed by atoms with E-state index < -0.39 is 0 Å². The first-order valence-electron chi connectivity index (χ1n) is 6.77. The monoisotopic (exact) mass is 268 g/mol. The Morgan fingerprint density at radius 1 is 1.00 bits per heavy atom. The zero-order valence-electron chi connectivity index (χ0n) is 11.9. The predicted molar refractivity (Wildman–Crippen MR) is 82.7 cm³/mol. The highest BCUT2D eigenvalue weighted by molar-refractivity contribution is 5.80. The molecule has 2 aromatic carbocycles. The summed E-state index contributed by atoms with van der Waals surface area (Å²) in [7, 11) is 0. The molecule has 104 valence electrons. The van der Waals surface area contributed by atoms with Crippen LogP contribution in [0.2, 0.25) is 0 Å². The van der Waals surface area contributed by atoms with Crippen molar-refractivity contribution in [2.24, 2.45) is 0 Å². The van der Waals surface area contributed by atoms with Crippen LogP contribution in [0, 0.1) is 13.8 Å². The number of carbonyl (C=O) groups excluding carboxylic acids is 1. The van der Waals surface area contributed by atoms with E-state index in [1.165, 1.54) is 11.1 Å². The van der Waals surface area contributed by atoms with Gasteiger partial charge in [0.25, 0.3) is 0 Å². The highest BCUT2D eigenvalue weighted by atomic mass is 16.1. The molecule has 20 heavy (non-hydrogen) atoms. The van der Waals surface area contributed by atoms with Crippen molar-refractivity contribution in [2.75, 3.05) is 11.9 Å². The van der Waals surface area contributed by atoms with Crippen LogP contribution >= 0.6 is 0 Å². The minimum absolute atomic E-state index is 0.00733. The van der Waals surface area contributed by atoms with Crippen LogP contribution in [0.3, 0.4) is 0 Å². The Morgan fingerprint density at radius 3 is 2.45 bits per heavy atom. The van der Waals surface area contributed by atoms with Crippen molar-refractivity contribution in [2.45, 2.75) is 20.4 Å². The molecular formula is C17H20N2O. The molecule has 0 spiro atoms. The van der Waals surface area contributed by atoms with Crippen molar-refractivity contribution in [3.05, 3.63) is 65.2 Å². The fourth-order valence-corrected chi connectivity index (χ4v) is 1.89. The number of amides is 1. The molecular weight excluding hydrogens is 248 g/mol. The molecule has 0 radical (unpaired) electrons. The van der Waals surface area contributed by atoms with E-state index >= 15 is 0 Å². The lowest BCUT2D eigenvalue weighted by atomic mass is 10.1. The summed E-state index contributed by atoms with van der Waals surface area (Å²) in [5, 5.41) is 6.03. The Kier molecular flexibility index (Phi) is 4.77. The van der Waals surface area contributed by atoms with E-state index in [0.717, 1.165) is 11.3 Å². The number of anilines is 1. The Balaban J connectivity index is 1.79. The molecule has 2 rings (SSSR count). The van der Waals surface area contributed by atoms with Crippen molar-refractivity contribution in [1.82, 2.24) is 5.32 Å². The lowest BCUT2D eigenvalue weighted by Gasteiger charge is -2.09. The summed E-state index contributed by atoms with van der Waals surface area (Å²) in [6, 6.07) is 16.0. The van der Waals surface area contributed by atoms with E-state index in [2.05, 4.69) is 36.6 Å². The average molecular weight is 268 g/mol. The summed E-state index contributed by atoms with van der Waals surface area (Å²) in [6.45, 7) is 4.99. The highest BCUT2D eigenvalue weighted by Gasteiger charge is 2.02. The van der Waals surface area contributed by atoms with Gasteiger partial charge in [-0.25, -0.2) is 0 Å². The Labute approximate surface area is 120 Å². The smallest absolute Gasteiger partial charge is 0.239 e. The second-order valence-electron chi connectivity index (χ2n) is 4.91. The van der Waals surface area contributed by atoms with Gasteiger partial charge in [0.05, 0.1) is 6.54 Å². The number of benzene rings is 2. The number of carbonyl (C=O) groups is 1. The molecule has 0 aliphatic rings. The van der Waals surface area contributed by atoms with Crippen LogP contribution in [0.4, 0.5) is 5.69 Å². The minimum atomic E-state index is -0.00733. The second kappa shape index (κ2) is 6.75. The van der Waals surface area contributed by atoms with Gasteiger partial charge < -0.3 is 10.6 Å². The molecule has 0 unspecified atom stereocenters. The van der Waals surface area contributed by atoms with Gasteiger partial charge in [-0.05, 0) is 42.7 Å². The van der Waals surface area contributed by atoms with Crippen LogP contribution in [-0.4, -0.2) is 12.5 Å². The average Bonchev–Trinajstić information content (AvgIpc) is 2.47. The number of aryl methyl sites for hydroxylation is 2. The molecule has 0 bridgehead atoms. The van der Waals surface area contributed by atoms with Crippen LogP contribution in [0.15, 0.2) is 48.5 Å². The van der Waals surface area contributed by atoms with Gasteiger partial charge in [-0.15, -0.1) is 0 Å². The normalized spacial score (nSPS) is 10.1. The van der Waals surface area contributed by atoms with Gasteiger partial charge in [0, 0.05) is 12.2 Å². The van der Waals surface area contributed by atoms with Gasteiger partial charge in [-0.3, -0.25) is 4.79 Å². The summed E-state index contributed by atoms with van der Waals surface area (Å²) in [4.78, 5) is 11.8. The molecule has 1 amide bonds. The van der Waals surface area contributed by atoms with Crippen LogP contribution < -0.4 is 10.6 Å². The molecule has 0 fully saturated rings. The standard InChI is InChI=1S/C17H20N2O/c1-13-8-9-16(10-14(13)2)18-12-17(20)19-11-15-6-4-3-5-7-15/h3-10,18H,11-12H2,1-2H3,(H,19,20). The number of hydrogen-bond donors (Lipinski definition) is 2. The molecule has 0 aliphatic carbocycles. The Morgan fingerprint density at radius 2 is 1.75 bits per heavy atom. The SMILES string of the molecule is Cc1ccc(NCC(=O)NCc2ccccc2)cc1C. The van der Waals surface area contributed by atoms with Crippen molar-refractivity contribution in [3.63, 3.8) is 0 Å². The fraction of sp³-hybridized carbons (Fsp3) is 0.235. The summed E-state index contributed by atoms with van der Waals surface area (Å²) in [6.07, 6.45) is 0. The molecule has 3 heteroatoms. The van der Waals surface area contributed by atoms with Crippen molar-refractivity contribution < 1.29 is 4.79 Å². The molecule has 0 saturated heterocycles. The number of nitrogens with one attached hydrogen (secondary N) is 2. The maximum absolute atomic E-state index is 11.8. The van der Waals surface area contributed by atoms with Crippen LogP contribution in [0.1, 0.15) is 16.7 Å². The topological polar surface area (TPSA) is 41.1 Å². The Hall–Kier alpha value is -2.29. The quantitative estimate of drug-likeness (QED) is 0.875. The molecule has 0 saturated carbocycles. The zero-order valence-corrected chi connectivity index (χ0v) is 11.9. The molecule has 3 nitrogen and oxygen atoms in total. The lowest BCUT2D eigenvalue weighted by Crippen LogP contribution is -2.29. The van der Waals surface area contributed by atoms with Gasteiger partial charge in [0.15, 0.2) is 0 Å². The van der Waals surface area contributed by atoms with Gasteiger partial charge in [0.1, 0.15) is 0 Å². The van der Waals surface area contributed by atoms with E-state index in [0.29, 0.717) is 6.54 Å². The van der Waals surface area contributed by atoms with Gasteiger partial charge in [0.2, 0.25) is 5.91 Å². The lowest BCUT2D eigenvalue weighted by molar-refractivity contribution is -0.119. The first-order chi connectivity index (χ1) is 9.65. The maximum atomic E-state index is 11.8. The minimum Gasteiger partial charge on any atom is -0.376 e. The van der Waals surface area contributed by atoms with E-state index in [9.17, 15) is 4.79 Å². The molecule has 0 heterocycles. The summed E-state index contributed by atoms with van der Waals surface area (Å²) < 4.78 is 0. The van der Waals surface area contributed by atoms with E-state index in [1.807, 2.05) is 36.4 Å². The van der Waals surface area contributed by atoms with Crippen LogP contribution in [0.5, 0.6) is 0 Å². The molecule has 0 aliphatic heterocycles. The van der Waals surface area contributed by atoms with Gasteiger partial charge >= 0.3 is 0 Å². The molecule has 0 atom stereocenters. The first-order valence-corrected chi connectivity index (χ1v) is 6.77. The molecule has 2 N–H and O–H groups in total. The largest absolute Gasteiger partial charge is 0.376 e. The van der Waals surface area contributed by atoms with Crippen molar-refractivity contribution in [3.8, 4) is 0 Å². The zero-order chi connectivity index (χ0) is 14.4. The first kappa shape index (κ1) is 14.1. The second-order valence-corrected chi connectivity index (χ2v) is 4.91. The third-order valence-electron chi connectivity index (χ3n) is 3.29. The van der Waals surface area contributed by atoms with Gasteiger partial charge in [-0.2, -0.15) is 0 Å². The summed E-state index contributed by atoms with van der Waals surface area (Å²) >= 11 is 0. The fourth-order valence-electron chi connectivity index (χ4n) is 1.89. The van der Waals surface area contributed by atoms with E-state index in [-0.39, 0.29) is 12.5 Å². The third-order valence-corrected chi connectivity index (χ3v) is 3.29. The Bertz CT molecular complexity index is 579. The van der Waals surface area contributed by atoms with Crippen molar-refractivity contribution >= 4 is 11.6 Å². The summed E-state index contributed by atoms with van der Waals surface area (Å²) in [5.74, 6) is -0.00733. The maximum Gasteiger partial charge on any atom is 0.239 e. The number of hydrogen-bond acceptors (Lipinski definition) is 2. The van der Waals surface area contributed by atoms with Gasteiger partial charge in [-0.1, -0.05) is 36.4 Å². The summed E-state index contributed by atoms with van der Waals surface area (Å²) in [5.41, 5.74) is 4.55. The van der Waals surface area contributed by atoms with E-state index in [4.69, 9.17) is 0 Å². The molecule has 2 aromatic rings. The highest BCUT2D eigenvalue weighted by Crippen LogP contribution is 2.13. The predicted octanol–water partition coefficient (Wildman–Crippen LogP) is 3.03. The van der Waals surface area contributed by atoms with E-state index in [1.54, 1.807) is 0 Å². The van der Waals surface area contributed by atoms with Crippen molar-refractivity contribution in [1.29, 1.82) is 0 Å². The van der Waals surface area contributed by atoms with Crippen LogP contribution in [0.25, 0.3) is 0 Å². The number of rotatable bonds is 5.